The van der Waals surface area contributed by atoms with Crippen molar-refractivity contribution in [3.8, 4) is 5.69 Å². The van der Waals surface area contributed by atoms with Gasteiger partial charge in [0.2, 0.25) is 5.91 Å². The second kappa shape index (κ2) is 11.5. The first kappa shape index (κ1) is 26.9. The minimum atomic E-state index is -1.16. The molecule has 1 aliphatic heterocycles. The summed E-state index contributed by atoms with van der Waals surface area (Å²) in [7, 11) is 0. The van der Waals surface area contributed by atoms with E-state index < -0.39 is 35.8 Å². The maximum absolute atomic E-state index is 15.4. The zero-order chi connectivity index (χ0) is 27.4. The lowest BCUT2D eigenvalue weighted by Gasteiger charge is -2.21. The molecule has 2 atom stereocenters. The van der Waals surface area contributed by atoms with Crippen LogP contribution in [0.1, 0.15) is 13.8 Å². The molecule has 0 unspecified atom stereocenters. The van der Waals surface area contributed by atoms with Crippen LogP contribution in [0.15, 0.2) is 77.7 Å². The molecule has 0 spiro atoms. The van der Waals surface area contributed by atoms with E-state index in [-0.39, 0.29) is 29.5 Å². The zero-order valence-electron chi connectivity index (χ0n) is 20.7. The molecule has 3 amide bonds. The van der Waals surface area contributed by atoms with Crippen molar-refractivity contribution in [2.75, 3.05) is 23.5 Å². The Morgan fingerprint density at radius 3 is 2.29 bits per heavy atom. The third kappa shape index (κ3) is 6.03. The Balaban J connectivity index is 1.55. The smallest absolute Gasteiger partial charge is 0.410 e. The van der Waals surface area contributed by atoms with Gasteiger partial charge in [0, 0.05) is 41.8 Å². The van der Waals surface area contributed by atoms with E-state index in [1.54, 1.807) is 56.4 Å². The van der Waals surface area contributed by atoms with Gasteiger partial charge in [-0.1, -0.05) is 22.1 Å². The van der Waals surface area contributed by atoms with Crippen molar-refractivity contribution in [3.63, 3.8) is 0 Å². The number of aromatic nitrogens is 1. The highest BCUT2D eigenvalue weighted by molar-refractivity contribution is 6.30. The second-order valence-corrected chi connectivity index (χ2v) is 9.53. The summed E-state index contributed by atoms with van der Waals surface area (Å²) in [6.45, 7) is 3.04. The van der Waals surface area contributed by atoms with Gasteiger partial charge in [0.1, 0.15) is 0 Å². The number of benzene rings is 2. The number of halogens is 2. The molecule has 1 aromatic heterocycles. The standard InChI is InChI=1S/C27H26ClFN4O5/c1-17(2)38-27(37)31-15-22(25(35)30-19-8-6-18(28)7-9-19)23(16-31)26(36)33(29)21-12-10-20(11-13-21)32-14-4-3-5-24(32)34/h3-14,17,22-23H,15-16H2,1-2H3,(H,30,35)/t22-,23-/m0/s1. The minimum absolute atomic E-state index is 0.0396. The van der Waals surface area contributed by atoms with Crippen molar-refractivity contribution >= 4 is 40.9 Å². The normalized spacial score (nSPS) is 16.8. The van der Waals surface area contributed by atoms with Crippen LogP contribution < -0.4 is 16.0 Å². The summed E-state index contributed by atoms with van der Waals surface area (Å²) in [5, 5.41) is 3.15. The molecule has 2 aromatic carbocycles. The zero-order valence-corrected chi connectivity index (χ0v) is 21.5. The summed E-state index contributed by atoms with van der Waals surface area (Å²) in [5.41, 5.74) is 0.589. The average Bonchev–Trinajstić information content (AvgIpc) is 3.35. The lowest BCUT2D eigenvalue weighted by Crippen LogP contribution is -2.38. The van der Waals surface area contributed by atoms with Crippen molar-refractivity contribution in [3.05, 3.63) is 88.3 Å². The molecule has 4 rings (SSSR count). The first-order valence-corrected chi connectivity index (χ1v) is 12.3. The van der Waals surface area contributed by atoms with Gasteiger partial charge >= 0.3 is 6.09 Å². The van der Waals surface area contributed by atoms with E-state index in [0.717, 1.165) is 0 Å². The van der Waals surface area contributed by atoms with Crippen LogP contribution in [0.5, 0.6) is 0 Å². The molecule has 198 valence electrons. The van der Waals surface area contributed by atoms with E-state index in [0.29, 0.717) is 16.4 Å². The maximum atomic E-state index is 15.4. The lowest BCUT2D eigenvalue weighted by molar-refractivity contribution is -0.130. The summed E-state index contributed by atoms with van der Waals surface area (Å²) < 4.78 is 22.0. The fourth-order valence-corrected chi connectivity index (χ4v) is 4.30. The summed E-state index contributed by atoms with van der Waals surface area (Å²) in [4.78, 5) is 52.3. The topological polar surface area (TPSA) is 101 Å². The van der Waals surface area contributed by atoms with Gasteiger partial charge in [0.05, 0.1) is 23.6 Å². The van der Waals surface area contributed by atoms with Crippen molar-refractivity contribution < 1.29 is 23.6 Å². The van der Waals surface area contributed by atoms with Crippen LogP contribution in [0.25, 0.3) is 5.69 Å². The maximum Gasteiger partial charge on any atom is 0.410 e. The van der Waals surface area contributed by atoms with Gasteiger partial charge in [-0.3, -0.25) is 19.0 Å². The summed E-state index contributed by atoms with van der Waals surface area (Å²) in [6, 6.07) is 16.8. The minimum Gasteiger partial charge on any atom is -0.447 e. The molecule has 38 heavy (non-hydrogen) atoms. The highest BCUT2D eigenvalue weighted by atomic mass is 35.5. The van der Waals surface area contributed by atoms with E-state index >= 15 is 4.48 Å². The SMILES string of the molecule is CC(C)OC(=O)N1C[C@H](C(=O)Nc2ccc(Cl)cc2)[C@@H](C(=O)N(F)c2ccc(-n3ccccc3=O)cc2)C1. The third-order valence-electron chi connectivity index (χ3n) is 6.05. The van der Waals surface area contributed by atoms with Crippen LogP contribution in [0, 0.1) is 11.8 Å². The molecule has 2 heterocycles. The number of hydrogen-bond acceptors (Lipinski definition) is 5. The number of hydrogen-bond donors (Lipinski definition) is 1. The molecule has 1 aliphatic rings. The molecule has 0 bridgehead atoms. The fourth-order valence-electron chi connectivity index (χ4n) is 4.17. The number of ether oxygens (including phenoxy) is 1. The number of likely N-dealkylation sites (tertiary alicyclic amines) is 1. The van der Waals surface area contributed by atoms with Gasteiger partial charge in [-0.05, 0) is 68.4 Å². The second-order valence-electron chi connectivity index (χ2n) is 9.09. The molecule has 1 saturated heterocycles. The number of anilines is 2. The van der Waals surface area contributed by atoms with Crippen molar-refractivity contribution in [2.24, 2.45) is 11.8 Å². The molecule has 11 heteroatoms. The first-order valence-electron chi connectivity index (χ1n) is 11.9. The van der Waals surface area contributed by atoms with Crippen LogP contribution >= 0.6 is 11.6 Å². The van der Waals surface area contributed by atoms with Gasteiger partial charge in [0.25, 0.3) is 11.5 Å². The van der Waals surface area contributed by atoms with E-state index in [1.807, 2.05) is 0 Å². The molecule has 1 N–H and O–H groups in total. The number of nitrogens with one attached hydrogen (secondary N) is 1. The molecule has 3 aromatic rings. The Morgan fingerprint density at radius 2 is 1.66 bits per heavy atom. The molecule has 0 saturated carbocycles. The van der Waals surface area contributed by atoms with Crippen LogP contribution in [0.4, 0.5) is 20.7 Å². The van der Waals surface area contributed by atoms with E-state index in [4.69, 9.17) is 16.3 Å². The van der Waals surface area contributed by atoms with Gasteiger partial charge in [-0.2, -0.15) is 0 Å². The van der Waals surface area contributed by atoms with Gasteiger partial charge in [0.15, 0.2) is 0 Å². The average molecular weight is 541 g/mol. The Labute approximate surface area is 223 Å². The highest BCUT2D eigenvalue weighted by Gasteiger charge is 2.46. The Kier molecular flexibility index (Phi) is 8.11. The summed E-state index contributed by atoms with van der Waals surface area (Å²) in [6.07, 6.45) is 0.470. The Morgan fingerprint density at radius 1 is 1.00 bits per heavy atom. The number of carbonyl (C=O) groups is 3. The van der Waals surface area contributed by atoms with E-state index in [1.165, 1.54) is 39.8 Å². The number of carbonyl (C=O) groups excluding carboxylic acids is 3. The summed E-state index contributed by atoms with van der Waals surface area (Å²) in [5.74, 6) is -3.72. The Hall–Kier alpha value is -4.18. The van der Waals surface area contributed by atoms with Crippen molar-refractivity contribution in [1.82, 2.24) is 9.47 Å². The molecule has 0 radical (unpaired) electrons. The van der Waals surface area contributed by atoms with Crippen LogP contribution in [-0.4, -0.2) is 46.6 Å². The van der Waals surface area contributed by atoms with Crippen LogP contribution in [-0.2, 0) is 14.3 Å². The van der Waals surface area contributed by atoms with Crippen molar-refractivity contribution in [1.29, 1.82) is 0 Å². The quantitative estimate of drug-likeness (QED) is 0.466. The molecular formula is C27H26ClFN4O5. The van der Waals surface area contributed by atoms with Gasteiger partial charge in [-0.25, -0.2) is 4.79 Å². The van der Waals surface area contributed by atoms with Gasteiger partial charge in [-0.15, -0.1) is 5.12 Å². The van der Waals surface area contributed by atoms with E-state index in [2.05, 4.69) is 5.32 Å². The predicted octanol–water partition coefficient (Wildman–Crippen LogP) is 4.44. The number of amides is 3. The fraction of sp³-hybridized carbons (Fsp3) is 0.259. The van der Waals surface area contributed by atoms with E-state index in [9.17, 15) is 19.2 Å². The number of rotatable bonds is 6. The largest absolute Gasteiger partial charge is 0.447 e. The monoisotopic (exact) mass is 540 g/mol. The molecular weight excluding hydrogens is 515 g/mol. The Bertz CT molecular complexity index is 1380. The third-order valence-corrected chi connectivity index (χ3v) is 6.30. The van der Waals surface area contributed by atoms with Crippen molar-refractivity contribution in [2.45, 2.75) is 20.0 Å². The molecule has 1 fully saturated rings. The number of pyridine rings is 1. The van der Waals surface area contributed by atoms with Gasteiger partial charge < -0.3 is 15.0 Å². The predicted molar refractivity (Wildman–Crippen MR) is 141 cm³/mol. The lowest BCUT2D eigenvalue weighted by atomic mass is 9.94. The highest BCUT2D eigenvalue weighted by Crippen LogP contribution is 2.30. The molecule has 0 aliphatic carbocycles. The first-order chi connectivity index (χ1) is 18.1. The molecule has 9 nitrogen and oxygen atoms in total. The summed E-state index contributed by atoms with van der Waals surface area (Å²) >= 11 is 5.90. The van der Waals surface area contributed by atoms with Crippen LogP contribution in [0.2, 0.25) is 5.02 Å². The van der Waals surface area contributed by atoms with Crippen LogP contribution in [0.3, 0.4) is 0 Å². The number of nitrogens with zero attached hydrogens (tertiary/aromatic N) is 3.